The molecular formula is C20H23NO4. The van der Waals surface area contributed by atoms with Gasteiger partial charge in [-0.05, 0) is 25.5 Å². The molecule has 0 bridgehead atoms. The average Bonchev–Trinajstić information content (AvgIpc) is 2.56. The lowest BCUT2D eigenvalue weighted by Gasteiger charge is -2.18. The van der Waals surface area contributed by atoms with Crippen molar-refractivity contribution in [2.24, 2.45) is 0 Å². The van der Waals surface area contributed by atoms with Crippen molar-refractivity contribution in [3.05, 3.63) is 65.7 Å². The van der Waals surface area contributed by atoms with Gasteiger partial charge in [-0.2, -0.15) is 0 Å². The highest BCUT2D eigenvalue weighted by Gasteiger charge is 2.19. The molecule has 2 aromatic carbocycles. The Hall–Kier alpha value is -2.82. The molecular weight excluding hydrogens is 318 g/mol. The van der Waals surface area contributed by atoms with E-state index in [1.165, 1.54) is 0 Å². The zero-order valence-corrected chi connectivity index (χ0v) is 14.4. The molecule has 0 heterocycles. The quantitative estimate of drug-likeness (QED) is 0.772. The lowest BCUT2D eigenvalue weighted by molar-refractivity contribution is -0.137. The SMILES string of the molecule is CC(C)Oc1ccccc1CC(=O)NC(CC(=O)O)c1ccccc1. The second-order valence-corrected chi connectivity index (χ2v) is 6.08. The molecule has 1 atom stereocenters. The molecule has 0 saturated carbocycles. The van der Waals surface area contributed by atoms with Crippen LogP contribution in [0.3, 0.4) is 0 Å². The first-order valence-corrected chi connectivity index (χ1v) is 8.26. The molecule has 5 heteroatoms. The summed E-state index contributed by atoms with van der Waals surface area (Å²) >= 11 is 0. The summed E-state index contributed by atoms with van der Waals surface area (Å²) in [4.78, 5) is 23.6. The van der Waals surface area contributed by atoms with Crippen LogP contribution in [0.5, 0.6) is 5.75 Å². The predicted molar refractivity (Wildman–Crippen MR) is 95.5 cm³/mol. The highest BCUT2D eigenvalue weighted by atomic mass is 16.5. The smallest absolute Gasteiger partial charge is 0.305 e. The van der Waals surface area contributed by atoms with E-state index in [4.69, 9.17) is 9.84 Å². The van der Waals surface area contributed by atoms with Gasteiger partial charge in [-0.25, -0.2) is 0 Å². The molecule has 0 saturated heterocycles. The maximum atomic E-state index is 12.5. The molecule has 0 aliphatic heterocycles. The summed E-state index contributed by atoms with van der Waals surface area (Å²) in [6.07, 6.45) is -0.0283. The lowest BCUT2D eigenvalue weighted by atomic mass is 10.0. The van der Waals surface area contributed by atoms with Gasteiger partial charge in [-0.3, -0.25) is 9.59 Å². The summed E-state index contributed by atoms with van der Waals surface area (Å²) in [5.41, 5.74) is 1.54. The maximum absolute atomic E-state index is 12.5. The number of carboxylic acids is 1. The summed E-state index contributed by atoms with van der Waals surface area (Å²) in [7, 11) is 0. The molecule has 1 unspecified atom stereocenters. The fraction of sp³-hybridized carbons (Fsp3) is 0.300. The van der Waals surface area contributed by atoms with Crippen molar-refractivity contribution in [2.45, 2.75) is 38.8 Å². The second kappa shape index (κ2) is 8.87. The van der Waals surface area contributed by atoms with Crippen molar-refractivity contribution in [1.82, 2.24) is 5.32 Å². The van der Waals surface area contributed by atoms with Crippen molar-refractivity contribution in [2.75, 3.05) is 0 Å². The number of carbonyl (C=O) groups is 2. The van der Waals surface area contributed by atoms with Crippen LogP contribution >= 0.6 is 0 Å². The number of hydrogen-bond donors (Lipinski definition) is 2. The Kier molecular flexibility index (Phi) is 6.57. The van der Waals surface area contributed by atoms with Crippen LogP contribution in [0, 0.1) is 0 Å². The van der Waals surface area contributed by atoms with Crippen LogP contribution in [0.25, 0.3) is 0 Å². The van der Waals surface area contributed by atoms with Gasteiger partial charge >= 0.3 is 5.97 Å². The molecule has 2 rings (SSSR count). The number of carboxylic acid groups (broad SMARTS) is 1. The second-order valence-electron chi connectivity index (χ2n) is 6.08. The minimum Gasteiger partial charge on any atom is -0.491 e. The Balaban J connectivity index is 2.10. The van der Waals surface area contributed by atoms with Crippen molar-refractivity contribution < 1.29 is 19.4 Å². The van der Waals surface area contributed by atoms with E-state index in [2.05, 4.69) is 5.32 Å². The van der Waals surface area contributed by atoms with Crippen molar-refractivity contribution in [3.8, 4) is 5.75 Å². The van der Waals surface area contributed by atoms with Gasteiger partial charge in [-0.15, -0.1) is 0 Å². The normalized spacial score (nSPS) is 11.8. The molecule has 0 fully saturated rings. The van der Waals surface area contributed by atoms with Gasteiger partial charge in [0.2, 0.25) is 5.91 Å². The molecule has 0 radical (unpaired) electrons. The summed E-state index contributed by atoms with van der Waals surface area (Å²) in [5.74, 6) is -0.533. The van der Waals surface area contributed by atoms with Gasteiger partial charge in [-0.1, -0.05) is 48.5 Å². The largest absolute Gasteiger partial charge is 0.491 e. The Labute approximate surface area is 147 Å². The monoisotopic (exact) mass is 341 g/mol. The fourth-order valence-electron chi connectivity index (χ4n) is 2.55. The molecule has 132 valence electrons. The van der Waals surface area contributed by atoms with Crippen LogP contribution in [-0.4, -0.2) is 23.1 Å². The van der Waals surface area contributed by atoms with E-state index in [0.717, 1.165) is 11.1 Å². The van der Waals surface area contributed by atoms with Gasteiger partial charge in [0.25, 0.3) is 0 Å². The number of ether oxygens (including phenoxy) is 1. The molecule has 5 nitrogen and oxygen atoms in total. The first-order chi connectivity index (χ1) is 12.0. The van der Waals surface area contributed by atoms with Crippen LogP contribution in [-0.2, 0) is 16.0 Å². The maximum Gasteiger partial charge on any atom is 0.305 e. The standard InChI is InChI=1S/C20H23NO4/c1-14(2)25-18-11-7-6-10-16(18)12-19(22)21-17(13-20(23)24)15-8-4-3-5-9-15/h3-11,14,17H,12-13H2,1-2H3,(H,21,22)(H,23,24). The number of para-hydroxylation sites is 1. The molecule has 0 aliphatic carbocycles. The minimum absolute atomic E-state index is 0.00767. The summed E-state index contributed by atoms with van der Waals surface area (Å²) in [5, 5.41) is 11.9. The number of carbonyl (C=O) groups excluding carboxylic acids is 1. The number of hydrogen-bond acceptors (Lipinski definition) is 3. The molecule has 0 spiro atoms. The Morgan fingerprint density at radius 3 is 2.32 bits per heavy atom. The van der Waals surface area contributed by atoms with Crippen molar-refractivity contribution >= 4 is 11.9 Å². The molecule has 25 heavy (non-hydrogen) atoms. The lowest BCUT2D eigenvalue weighted by Crippen LogP contribution is -2.31. The molecule has 1 amide bonds. The average molecular weight is 341 g/mol. The zero-order valence-electron chi connectivity index (χ0n) is 14.4. The van der Waals surface area contributed by atoms with Crippen LogP contribution < -0.4 is 10.1 Å². The fourth-order valence-corrected chi connectivity index (χ4v) is 2.55. The molecule has 0 aromatic heterocycles. The van der Waals surface area contributed by atoms with Crippen LogP contribution in [0.15, 0.2) is 54.6 Å². The van der Waals surface area contributed by atoms with Gasteiger partial charge in [0.1, 0.15) is 5.75 Å². The van der Waals surface area contributed by atoms with E-state index >= 15 is 0 Å². The topological polar surface area (TPSA) is 75.6 Å². The molecule has 0 aliphatic rings. The number of nitrogens with one attached hydrogen (secondary N) is 1. The van der Waals surface area contributed by atoms with E-state index in [1.54, 1.807) is 0 Å². The Morgan fingerprint density at radius 2 is 1.68 bits per heavy atom. The number of aliphatic carboxylic acids is 1. The summed E-state index contributed by atoms with van der Waals surface area (Å²) < 4.78 is 5.73. The van der Waals surface area contributed by atoms with E-state index in [9.17, 15) is 9.59 Å². The summed E-state index contributed by atoms with van der Waals surface area (Å²) in [6, 6.07) is 15.9. The van der Waals surface area contributed by atoms with Crippen LogP contribution in [0.2, 0.25) is 0 Å². The van der Waals surface area contributed by atoms with E-state index < -0.39 is 12.0 Å². The van der Waals surface area contributed by atoms with Crippen molar-refractivity contribution in [3.63, 3.8) is 0 Å². The van der Waals surface area contributed by atoms with Gasteiger partial charge < -0.3 is 15.2 Å². The molecule has 2 aromatic rings. The minimum atomic E-state index is -0.960. The predicted octanol–water partition coefficient (Wildman–Crippen LogP) is 3.35. The van der Waals surface area contributed by atoms with E-state index in [1.807, 2.05) is 68.4 Å². The van der Waals surface area contributed by atoms with Crippen molar-refractivity contribution in [1.29, 1.82) is 0 Å². The van der Waals surface area contributed by atoms with Gasteiger partial charge in [0.15, 0.2) is 0 Å². The first-order valence-electron chi connectivity index (χ1n) is 8.26. The Bertz CT molecular complexity index is 713. The Morgan fingerprint density at radius 1 is 1.04 bits per heavy atom. The number of rotatable bonds is 8. The van der Waals surface area contributed by atoms with E-state index in [0.29, 0.717) is 5.75 Å². The third-order valence-corrected chi connectivity index (χ3v) is 3.60. The zero-order chi connectivity index (χ0) is 18.2. The van der Waals surface area contributed by atoms with Crippen LogP contribution in [0.1, 0.15) is 37.4 Å². The van der Waals surface area contributed by atoms with E-state index in [-0.39, 0.29) is 24.9 Å². The van der Waals surface area contributed by atoms with Gasteiger partial charge in [0, 0.05) is 5.56 Å². The number of amides is 1. The number of benzene rings is 2. The highest BCUT2D eigenvalue weighted by molar-refractivity contribution is 5.80. The first kappa shape index (κ1) is 18.5. The van der Waals surface area contributed by atoms with Gasteiger partial charge in [0.05, 0.1) is 25.0 Å². The third kappa shape index (κ3) is 5.95. The third-order valence-electron chi connectivity index (χ3n) is 3.60. The van der Waals surface area contributed by atoms with Crippen LogP contribution in [0.4, 0.5) is 0 Å². The molecule has 2 N–H and O–H groups in total. The highest BCUT2D eigenvalue weighted by Crippen LogP contribution is 2.21. The summed E-state index contributed by atoms with van der Waals surface area (Å²) in [6.45, 7) is 3.85.